The molecule has 4 heteroatoms. The molecule has 0 spiro atoms. The summed E-state index contributed by atoms with van der Waals surface area (Å²) >= 11 is 0. The van der Waals surface area contributed by atoms with E-state index >= 15 is 0 Å². The van der Waals surface area contributed by atoms with Gasteiger partial charge >= 0.3 is 0 Å². The summed E-state index contributed by atoms with van der Waals surface area (Å²) in [7, 11) is 0. The highest BCUT2D eigenvalue weighted by molar-refractivity contribution is 5.31. The molecule has 0 unspecified atom stereocenters. The van der Waals surface area contributed by atoms with E-state index in [1.165, 1.54) is 32.4 Å². The number of nitrogens with zero attached hydrogens (tertiary/aromatic N) is 3. The van der Waals surface area contributed by atoms with Gasteiger partial charge in [-0.15, -0.1) is 0 Å². The van der Waals surface area contributed by atoms with E-state index in [2.05, 4.69) is 20.2 Å². The van der Waals surface area contributed by atoms with Crippen LogP contribution in [0.4, 0.5) is 5.82 Å². The van der Waals surface area contributed by atoms with Crippen LogP contribution >= 0.6 is 0 Å². The van der Waals surface area contributed by atoms with Crippen molar-refractivity contribution in [2.24, 2.45) is 0 Å². The number of hydrogen-bond acceptors (Lipinski definition) is 4. The summed E-state index contributed by atoms with van der Waals surface area (Å²) in [5.74, 6) is 0.919. The number of piperidine rings is 1. The topological polar surface area (TPSA) is 41.0 Å². The Hall–Kier alpha value is -1.16. The summed E-state index contributed by atoms with van der Waals surface area (Å²) in [6.45, 7) is 4.60. The van der Waals surface area contributed by atoms with Crippen molar-refractivity contribution >= 4 is 5.82 Å². The van der Waals surface area contributed by atoms with E-state index in [0.717, 1.165) is 18.9 Å². The zero-order valence-electron chi connectivity index (χ0n) is 9.02. The first-order valence-corrected chi connectivity index (χ1v) is 5.67. The Morgan fingerprint density at radius 1 is 1.27 bits per heavy atom. The SMILES string of the molecule is c1cc(NCCN2CCCCC2)ncn1. The molecule has 0 saturated carbocycles. The molecule has 1 aromatic heterocycles. The molecule has 1 aliphatic heterocycles. The van der Waals surface area contributed by atoms with Gasteiger partial charge < -0.3 is 10.2 Å². The molecule has 1 aromatic rings. The second-order valence-corrected chi connectivity index (χ2v) is 3.92. The van der Waals surface area contributed by atoms with Crippen molar-refractivity contribution in [3.8, 4) is 0 Å². The van der Waals surface area contributed by atoms with E-state index in [0.29, 0.717) is 0 Å². The second kappa shape index (κ2) is 5.66. The minimum atomic E-state index is 0.919. The van der Waals surface area contributed by atoms with Gasteiger partial charge in [0.15, 0.2) is 0 Å². The van der Waals surface area contributed by atoms with Crippen molar-refractivity contribution < 1.29 is 0 Å². The monoisotopic (exact) mass is 206 g/mol. The van der Waals surface area contributed by atoms with Crippen LogP contribution in [0.2, 0.25) is 0 Å². The Labute approximate surface area is 90.7 Å². The summed E-state index contributed by atoms with van der Waals surface area (Å²) in [6.07, 6.45) is 7.44. The smallest absolute Gasteiger partial charge is 0.129 e. The molecule has 2 rings (SSSR count). The maximum atomic E-state index is 4.12. The van der Waals surface area contributed by atoms with Crippen LogP contribution < -0.4 is 5.32 Å². The second-order valence-electron chi connectivity index (χ2n) is 3.92. The van der Waals surface area contributed by atoms with Gasteiger partial charge in [-0.05, 0) is 32.0 Å². The van der Waals surface area contributed by atoms with E-state index in [-0.39, 0.29) is 0 Å². The molecule has 0 aliphatic carbocycles. The number of anilines is 1. The predicted molar refractivity (Wildman–Crippen MR) is 60.8 cm³/mol. The van der Waals surface area contributed by atoms with Crippen LogP contribution in [0, 0.1) is 0 Å². The van der Waals surface area contributed by atoms with Crippen molar-refractivity contribution in [2.45, 2.75) is 19.3 Å². The number of hydrogen-bond donors (Lipinski definition) is 1. The average Bonchev–Trinajstić information content (AvgIpc) is 2.32. The normalized spacial score (nSPS) is 17.6. The molecule has 1 fully saturated rings. The molecule has 82 valence electrons. The van der Waals surface area contributed by atoms with Gasteiger partial charge in [0.25, 0.3) is 0 Å². The Kier molecular flexibility index (Phi) is 3.91. The molecule has 0 bridgehead atoms. The molecule has 1 saturated heterocycles. The molecule has 1 aliphatic rings. The van der Waals surface area contributed by atoms with Crippen LogP contribution in [-0.2, 0) is 0 Å². The fourth-order valence-corrected chi connectivity index (χ4v) is 1.92. The highest BCUT2D eigenvalue weighted by atomic mass is 15.1. The lowest BCUT2D eigenvalue weighted by molar-refractivity contribution is 0.237. The van der Waals surface area contributed by atoms with Crippen molar-refractivity contribution in [3.63, 3.8) is 0 Å². The molecular weight excluding hydrogens is 188 g/mol. The number of aromatic nitrogens is 2. The fraction of sp³-hybridized carbons (Fsp3) is 0.636. The molecule has 0 atom stereocenters. The minimum absolute atomic E-state index is 0.919. The van der Waals surface area contributed by atoms with Crippen molar-refractivity contribution in [3.05, 3.63) is 18.6 Å². The molecular formula is C11H18N4. The standard InChI is InChI=1S/C11H18N4/c1-2-7-15(8-3-1)9-6-13-11-4-5-12-10-14-11/h4-5,10H,1-3,6-9H2,(H,12,13,14). The third kappa shape index (κ3) is 3.47. The molecule has 2 heterocycles. The Bertz CT molecular complexity index is 269. The van der Waals surface area contributed by atoms with Gasteiger partial charge in [-0.3, -0.25) is 0 Å². The van der Waals surface area contributed by atoms with Crippen molar-refractivity contribution in [1.29, 1.82) is 0 Å². The van der Waals surface area contributed by atoms with Crippen LogP contribution in [0.25, 0.3) is 0 Å². The average molecular weight is 206 g/mol. The Morgan fingerprint density at radius 3 is 2.87 bits per heavy atom. The molecule has 15 heavy (non-hydrogen) atoms. The lowest BCUT2D eigenvalue weighted by Gasteiger charge is -2.26. The van der Waals surface area contributed by atoms with Gasteiger partial charge in [-0.1, -0.05) is 6.42 Å². The Morgan fingerprint density at radius 2 is 2.13 bits per heavy atom. The van der Waals surface area contributed by atoms with Crippen molar-refractivity contribution in [1.82, 2.24) is 14.9 Å². The zero-order valence-corrected chi connectivity index (χ0v) is 9.02. The van der Waals surface area contributed by atoms with Crippen LogP contribution in [0.3, 0.4) is 0 Å². The number of rotatable bonds is 4. The molecule has 4 nitrogen and oxygen atoms in total. The third-order valence-corrected chi connectivity index (χ3v) is 2.76. The minimum Gasteiger partial charge on any atom is -0.369 e. The van der Waals surface area contributed by atoms with E-state index in [1.807, 2.05) is 6.07 Å². The summed E-state index contributed by atoms with van der Waals surface area (Å²) in [5.41, 5.74) is 0. The quantitative estimate of drug-likeness (QED) is 0.808. The van der Waals surface area contributed by atoms with Gasteiger partial charge in [0.05, 0.1) is 0 Å². The summed E-state index contributed by atoms with van der Waals surface area (Å²) in [6, 6.07) is 1.90. The number of likely N-dealkylation sites (tertiary alicyclic amines) is 1. The highest BCUT2D eigenvalue weighted by Crippen LogP contribution is 2.07. The lowest BCUT2D eigenvalue weighted by Crippen LogP contribution is -2.33. The highest BCUT2D eigenvalue weighted by Gasteiger charge is 2.08. The first-order chi connectivity index (χ1) is 7.45. The molecule has 1 N–H and O–H groups in total. The summed E-state index contributed by atoms with van der Waals surface area (Å²) in [5, 5.41) is 3.30. The van der Waals surface area contributed by atoms with Crippen LogP contribution in [0.15, 0.2) is 18.6 Å². The largest absolute Gasteiger partial charge is 0.369 e. The van der Waals surface area contributed by atoms with E-state index < -0.39 is 0 Å². The summed E-state index contributed by atoms with van der Waals surface area (Å²) in [4.78, 5) is 10.5. The van der Waals surface area contributed by atoms with Gasteiger partial charge in [-0.2, -0.15) is 0 Å². The Balaban J connectivity index is 1.66. The van der Waals surface area contributed by atoms with E-state index in [1.54, 1.807) is 12.5 Å². The fourth-order valence-electron chi connectivity index (χ4n) is 1.92. The van der Waals surface area contributed by atoms with Gasteiger partial charge in [0.2, 0.25) is 0 Å². The van der Waals surface area contributed by atoms with Crippen LogP contribution in [0.1, 0.15) is 19.3 Å². The first kappa shape index (κ1) is 10.4. The molecule has 0 radical (unpaired) electrons. The van der Waals surface area contributed by atoms with Gasteiger partial charge in [0, 0.05) is 19.3 Å². The predicted octanol–water partition coefficient (Wildman–Crippen LogP) is 1.37. The molecule has 0 amide bonds. The van der Waals surface area contributed by atoms with Gasteiger partial charge in [-0.25, -0.2) is 9.97 Å². The summed E-state index contributed by atoms with van der Waals surface area (Å²) < 4.78 is 0. The maximum Gasteiger partial charge on any atom is 0.129 e. The number of nitrogens with one attached hydrogen (secondary N) is 1. The lowest BCUT2D eigenvalue weighted by atomic mass is 10.1. The van der Waals surface area contributed by atoms with Crippen LogP contribution in [0.5, 0.6) is 0 Å². The maximum absolute atomic E-state index is 4.12. The van der Waals surface area contributed by atoms with Crippen molar-refractivity contribution in [2.75, 3.05) is 31.5 Å². The first-order valence-electron chi connectivity index (χ1n) is 5.67. The molecule has 0 aromatic carbocycles. The van der Waals surface area contributed by atoms with Crippen LogP contribution in [-0.4, -0.2) is 41.0 Å². The third-order valence-electron chi connectivity index (χ3n) is 2.76. The zero-order chi connectivity index (χ0) is 10.3. The van der Waals surface area contributed by atoms with E-state index in [4.69, 9.17) is 0 Å². The van der Waals surface area contributed by atoms with E-state index in [9.17, 15) is 0 Å². The van der Waals surface area contributed by atoms with Gasteiger partial charge in [0.1, 0.15) is 12.1 Å².